The van der Waals surface area contributed by atoms with Crippen LogP contribution in [-0.4, -0.2) is 31.4 Å². The van der Waals surface area contributed by atoms with Crippen LogP contribution >= 0.6 is 11.8 Å². The molecule has 0 aliphatic heterocycles. The van der Waals surface area contributed by atoms with Gasteiger partial charge in [0, 0.05) is 0 Å². The Labute approximate surface area is 158 Å². The molecule has 7 heteroatoms. The van der Waals surface area contributed by atoms with Crippen LogP contribution in [0.5, 0.6) is 0 Å². The first-order valence-electron chi connectivity index (χ1n) is 9.55. The topological polar surface area (TPSA) is 72.7 Å². The van der Waals surface area contributed by atoms with E-state index in [0.29, 0.717) is 6.04 Å². The standard InChI is InChI=1S/C19H25N5OS/c1-13(26-19-21-22-23-24(19)15-9-3-4-10-15)18(25)20-17-12-6-8-14-7-2-5-11-16(14)17/h2,5,7,11,13,15,17H,3-4,6,8-10,12H2,1H3,(H,20,25)/t13-,17-/m1/s1. The molecule has 1 fully saturated rings. The van der Waals surface area contributed by atoms with Crippen molar-refractivity contribution in [3.8, 4) is 0 Å². The second kappa shape index (κ2) is 7.78. The summed E-state index contributed by atoms with van der Waals surface area (Å²) in [6, 6.07) is 8.93. The Bertz CT molecular complexity index is 771. The fourth-order valence-corrected chi connectivity index (χ4v) is 4.91. The average molecular weight is 372 g/mol. The van der Waals surface area contributed by atoms with Crippen LogP contribution in [0.15, 0.2) is 29.4 Å². The van der Waals surface area contributed by atoms with E-state index >= 15 is 0 Å². The molecule has 1 saturated carbocycles. The van der Waals surface area contributed by atoms with Gasteiger partial charge in [0.1, 0.15) is 0 Å². The number of rotatable bonds is 5. The first-order valence-corrected chi connectivity index (χ1v) is 10.4. The van der Waals surface area contributed by atoms with Gasteiger partial charge < -0.3 is 5.32 Å². The van der Waals surface area contributed by atoms with Gasteiger partial charge in [-0.25, -0.2) is 4.68 Å². The summed E-state index contributed by atoms with van der Waals surface area (Å²) in [5, 5.41) is 15.9. The van der Waals surface area contributed by atoms with E-state index in [4.69, 9.17) is 0 Å². The summed E-state index contributed by atoms with van der Waals surface area (Å²) < 4.78 is 1.91. The third-order valence-corrected chi connectivity index (χ3v) is 6.52. The largest absolute Gasteiger partial charge is 0.348 e. The smallest absolute Gasteiger partial charge is 0.233 e. The molecule has 0 unspecified atom stereocenters. The van der Waals surface area contributed by atoms with E-state index < -0.39 is 0 Å². The molecule has 1 N–H and O–H groups in total. The lowest BCUT2D eigenvalue weighted by molar-refractivity contribution is -0.121. The van der Waals surface area contributed by atoms with E-state index in [1.807, 2.05) is 11.6 Å². The quantitative estimate of drug-likeness (QED) is 0.815. The molecule has 1 amide bonds. The monoisotopic (exact) mass is 371 g/mol. The summed E-state index contributed by atoms with van der Waals surface area (Å²) >= 11 is 1.46. The Balaban J connectivity index is 1.41. The van der Waals surface area contributed by atoms with Gasteiger partial charge in [-0.2, -0.15) is 0 Å². The van der Waals surface area contributed by atoms with E-state index in [2.05, 4.69) is 45.1 Å². The number of thioether (sulfide) groups is 1. The van der Waals surface area contributed by atoms with Gasteiger partial charge >= 0.3 is 0 Å². The van der Waals surface area contributed by atoms with Crippen molar-refractivity contribution < 1.29 is 4.79 Å². The minimum atomic E-state index is -0.227. The van der Waals surface area contributed by atoms with Crippen LogP contribution in [0, 0.1) is 0 Å². The third-order valence-electron chi connectivity index (χ3n) is 5.47. The van der Waals surface area contributed by atoms with Crippen molar-refractivity contribution in [3.05, 3.63) is 35.4 Å². The van der Waals surface area contributed by atoms with Gasteiger partial charge in [-0.3, -0.25) is 4.79 Å². The van der Waals surface area contributed by atoms with Gasteiger partial charge in [-0.05, 0) is 60.6 Å². The molecule has 4 rings (SSSR count). The normalized spacial score (nSPS) is 21.3. The average Bonchev–Trinajstić information content (AvgIpc) is 3.33. The zero-order chi connectivity index (χ0) is 17.9. The van der Waals surface area contributed by atoms with Crippen molar-refractivity contribution in [3.63, 3.8) is 0 Å². The first kappa shape index (κ1) is 17.5. The van der Waals surface area contributed by atoms with Gasteiger partial charge in [-0.15, -0.1) is 5.10 Å². The number of aryl methyl sites for hydroxylation is 1. The SMILES string of the molecule is C[C@@H](Sc1nnnn1C1CCCC1)C(=O)N[C@@H]1CCCc2ccccc21. The van der Waals surface area contributed by atoms with Crippen molar-refractivity contribution in [2.24, 2.45) is 0 Å². The maximum absolute atomic E-state index is 12.8. The highest BCUT2D eigenvalue weighted by Crippen LogP contribution is 2.33. The van der Waals surface area contributed by atoms with Gasteiger partial charge in [0.25, 0.3) is 0 Å². The lowest BCUT2D eigenvalue weighted by Gasteiger charge is -2.27. The number of aromatic nitrogens is 4. The van der Waals surface area contributed by atoms with Crippen LogP contribution in [0.25, 0.3) is 0 Å². The molecule has 2 aromatic rings. The summed E-state index contributed by atoms with van der Waals surface area (Å²) in [7, 11) is 0. The highest BCUT2D eigenvalue weighted by atomic mass is 32.2. The molecule has 0 bridgehead atoms. The zero-order valence-corrected chi connectivity index (χ0v) is 15.9. The number of nitrogens with one attached hydrogen (secondary N) is 1. The molecule has 138 valence electrons. The molecule has 0 saturated heterocycles. The molecule has 1 heterocycles. The van der Waals surface area contributed by atoms with Crippen molar-refractivity contribution in [1.82, 2.24) is 25.5 Å². The summed E-state index contributed by atoms with van der Waals surface area (Å²) in [5.41, 5.74) is 2.62. The van der Waals surface area contributed by atoms with E-state index in [1.54, 1.807) is 0 Å². The molecule has 26 heavy (non-hydrogen) atoms. The number of amides is 1. The fourth-order valence-electron chi connectivity index (χ4n) is 4.05. The van der Waals surface area contributed by atoms with Gasteiger partial charge in [0.15, 0.2) is 0 Å². The summed E-state index contributed by atoms with van der Waals surface area (Å²) in [6.07, 6.45) is 7.92. The van der Waals surface area contributed by atoms with Gasteiger partial charge in [0.2, 0.25) is 11.1 Å². The van der Waals surface area contributed by atoms with Crippen LogP contribution in [-0.2, 0) is 11.2 Å². The molecule has 2 aliphatic carbocycles. The molecule has 1 aromatic heterocycles. The van der Waals surface area contributed by atoms with Crippen LogP contribution in [0.3, 0.4) is 0 Å². The van der Waals surface area contributed by atoms with Crippen LogP contribution < -0.4 is 5.32 Å². The van der Waals surface area contributed by atoms with Gasteiger partial charge in [-0.1, -0.05) is 48.9 Å². The molecule has 1 aromatic carbocycles. The molecule has 6 nitrogen and oxygen atoms in total. The Morgan fingerprint density at radius 2 is 2.04 bits per heavy atom. The zero-order valence-electron chi connectivity index (χ0n) is 15.1. The van der Waals surface area contributed by atoms with Crippen LogP contribution in [0.2, 0.25) is 0 Å². The Kier molecular flexibility index (Phi) is 5.24. The number of hydrogen-bond acceptors (Lipinski definition) is 5. The number of fused-ring (bicyclic) bond motifs is 1. The molecular formula is C19H25N5OS. The van der Waals surface area contributed by atoms with Crippen molar-refractivity contribution in [2.75, 3.05) is 0 Å². The Morgan fingerprint density at radius 1 is 1.23 bits per heavy atom. The van der Waals surface area contributed by atoms with E-state index in [0.717, 1.165) is 37.3 Å². The maximum atomic E-state index is 12.8. The minimum Gasteiger partial charge on any atom is -0.348 e. The summed E-state index contributed by atoms with van der Waals surface area (Å²) in [4.78, 5) is 12.8. The van der Waals surface area contributed by atoms with E-state index in [-0.39, 0.29) is 17.2 Å². The number of nitrogens with zero attached hydrogens (tertiary/aromatic N) is 4. The lowest BCUT2D eigenvalue weighted by atomic mass is 9.88. The Hall–Kier alpha value is -1.89. The van der Waals surface area contributed by atoms with Crippen molar-refractivity contribution >= 4 is 17.7 Å². The molecule has 0 spiro atoms. The number of tetrazole rings is 1. The van der Waals surface area contributed by atoms with Gasteiger partial charge in [0.05, 0.1) is 17.3 Å². The summed E-state index contributed by atoms with van der Waals surface area (Å²) in [5.74, 6) is 0.0534. The first-order chi connectivity index (χ1) is 12.7. The van der Waals surface area contributed by atoms with Crippen molar-refractivity contribution in [1.29, 1.82) is 0 Å². The number of carbonyl (C=O) groups is 1. The second-order valence-corrected chi connectivity index (χ2v) is 8.56. The second-order valence-electron chi connectivity index (χ2n) is 7.26. The predicted molar refractivity (Wildman–Crippen MR) is 101 cm³/mol. The number of hydrogen-bond donors (Lipinski definition) is 1. The van der Waals surface area contributed by atoms with Crippen LogP contribution in [0.4, 0.5) is 0 Å². The third kappa shape index (κ3) is 3.63. The number of carbonyl (C=O) groups excluding carboxylic acids is 1. The van der Waals surface area contributed by atoms with E-state index in [1.165, 1.54) is 35.7 Å². The molecule has 2 atom stereocenters. The van der Waals surface area contributed by atoms with E-state index in [9.17, 15) is 4.79 Å². The molecule has 0 radical (unpaired) electrons. The minimum absolute atomic E-state index is 0.0534. The molecular weight excluding hydrogens is 346 g/mol. The highest BCUT2D eigenvalue weighted by molar-refractivity contribution is 8.00. The lowest BCUT2D eigenvalue weighted by Crippen LogP contribution is -2.36. The van der Waals surface area contributed by atoms with Crippen molar-refractivity contribution in [2.45, 2.75) is 74.4 Å². The summed E-state index contributed by atoms with van der Waals surface area (Å²) in [6.45, 7) is 1.93. The highest BCUT2D eigenvalue weighted by Gasteiger charge is 2.27. The molecule has 2 aliphatic rings. The van der Waals surface area contributed by atoms with Crippen LogP contribution in [0.1, 0.15) is 68.7 Å². The maximum Gasteiger partial charge on any atom is 0.233 e. The number of benzene rings is 1. The predicted octanol–water partition coefficient (Wildman–Crippen LogP) is 3.46. The fraction of sp³-hybridized carbons (Fsp3) is 0.579. The Morgan fingerprint density at radius 3 is 2.88 bits per heavy atom.